The monoisotopic (exact) mass is 571 g/mol. The molecule has 9 nitrogen and oxygen atoms in total. The maximum absolute atomic E-state index is 13.8. The van der Waals surface area contributed by atoms with E-state index in [1.54, 1.807) is 23.8 Å². The molecular formula is C28H26BrN7O2. The molecule has 1 atom stereocenters. The van der Waals surface area contributed by atoms with Gasteiger partial charge in [-0.25, -0.2) is 4.98 Å². The summed E-state index contributed by atoms with van der Waals surface area (Å²) in [7, 11) is 0. The second kappa shape index (κ2) is 10.4. The maximum atomic E-state index is 13.8. The highest BCUT2D eigenvalue weighted by atomic mass is 79.9. The normalized spacial score (nSPS) is 15.6. The first kappa shape index (κ1) is 24.3. The summed E-state index contributed by atoms with van der Waals surface area (Å²) < 4.78 is 8.08. The summed E-state index contributed by atoms with van der Waals surface area (Å²) in [6, 6.07) is 15.7. The number of piperidine rings is 1. The minimum Gasteiger partial charge on any atom is -0.366 e. The first-order valence-corrected chi connectivity index (χ1v) is 13.4. The molecule has 1 unspecified atom stereocenters. The van der Waals surface area contributed by atoms with E-state index in [9.17, 15) is 4.79 Å². The molecule has 1 aromatic carbocycles. The van der Waals surface area contributed by atoms with Crippen LogP contribution < -0.4 is 5.32 Å². The molecule has 0 spiro atoms. The summed E-state index contributed by atoms with van der Waals surface area (Å²) in [5.41, 5.74) is 4.70. The average molecular weight is 572 g/mol. The van der Waals surface area contributed by atoms with Crippen molar-refractivity contribution in [3.63, 3.8) is 0 Å². The van der Waals surface area contributed by atoms with Gasteiger partial charge in [-0.3, -0.25) is 9.78 Å². The zero-order valence-corrected chi connectivity index (χ0v) is 22.4. The lowest BCUT2D eigenvalue weighted by Crippen LogP contribution is -2.39. The fraction of sp³-hybridized carbons (Fsp3) is 0.250. The van der Waals surface area contributed by atoms with Gasteiger partial charge in [0.05, 0.1) is 16.4 Å². The standard InChI is InChI=1S/C28H26BrN7O2/c1-18-25(26(34-38-18)20-8-3-2-4-9-20)28(37)35-12-6-10-21(17-35)23-13-24(31-15-19-7-5-11-30-14-19)36-27(33-23)22(29)16-32-36/h2-5,7-9,11,13-14,16,21,31H,6,10,12,15,17H2,1H3. The third kappa shape index (κ3) is 4.67. The number of nitrogens with one attached hydrogen (secondary N) is 1. The van der Waals surface area contributed by atoms with Gasteiger partial charge in [0.1, 0.15) is 22.8 Å². The van der Waals surface area contributed by atoms with Gasteiger partial charge in [0.15, 0.2) is 5.65 Å². The van der Waals surface area contributed by atoms with Crippen LogP contribution in [-0.4, -0.2) is 48.6 Å². The van der Waals surface area contributed by atoms with Gasteiger partial charge in [-0.1, -0.05) is 41.6 Å². The number of carbonyl (C=O) groups excluding carboxylic acids is 1. The Kier molecular flexibility index (Phi) is 6.63. The van der Waals surface area contributed by atoms with E-state index < -0.39 is 0 Å². The molecule has 0 aliphatic carbocycles. The van der Waals surface area contributed by atoms with Crippen molar-refractivity contribution in [3.05, 3.63) is 94.2 Å². The van der Waals surface area contributed by atoms with Gasteiger partial charge in [-0.2, -0.15) is 9.61 Å². The Morgan fingerprint density at radius 1 is 1.18 bits per heavy atom. The van der Waals surface area contributed by atoms with Crippen molar-refractivity contribution in [2.75, 3.05) is 18.4 Å². The lowest BCUT2D eigenvalue weighted by molar-refractivity contribution is 0.0705. The molecule has 1 amide bonds. The van der Waals surface area contributed by atoms with Crippen molar-refractivity contribution in [2.24, 2.45) is 0 Å². The summed E-state index contributed by atoms with van der Waals surface area (Å²) in [5, 5.41) is 12.2. The van der Waals surface area contributed by atoms with Crippen LogP contribution in [0, 0.1) is 6.92 Å². The van der Waals surface area contributed by atoms with Crippen LogP contribution in [0.3, 0.4) is 0 Å². The van der Waals surface area contributed by atoms with E-state index in [2.05, 4.69) is 36.5 Å². The Balaban J connectivity index is 1.28. The molecule has 0 radical (unpaired) electrons. The number of likely N-dealkylation sites (tertiary alicyclic amines) is 1. The summed E-state index contributed by atoms with van der Waals surface area (Å²) in [4.78, 5) is 24.8. The van der Waals surface area contributed by atoms with Crippen LogP contribution in [0.5, 0.6) is 0 Å². The predicted molar refractivity (Wildman–Crippen MR) is 147 cm³/mol. The van der Waals surface area contributed by atoms with Crippen LogP contribution >= 0.6 is 15.9 Å². The number of amides is 1. The van der Waals surface area contributed by atoms with E-state index in [0.29, 0.717) is 36.7 Å². The largest absolute Gasteiger partial charge is 0.366 e. The number of nitrogens with zero attached hydrogens (tertiary/aromatic N) is 6. The average Bonchev–Trinajstić information content (AvgIpc) is 3.54. The second-order valence-electron chi connectivity index (χ2n) is 9.43. The highest BCUT2D eigenvalue weighted by molar-refractivity contribution is 9.10. The number of halogens is 1. The lowest BCUT2D eigenvalue weighted by atomic mass is 9.93. The van der Waals surface area contributed by atoms with Crippen LogP contribution in [0.4, 0.5) is 5.82 Å². The van der Waals surface area contributed by atoms with Gasteiger partial charge in [-0.15, -0.1) is 0 Å². The zero-order valence-electron chi connectivity index (χ0n) is 20.8. The Morgan fingerprint density at radius 3 is 2.87 bits per heavy atom. The molecule has 192 valence electrons. The van der Waals surface area contributed by atoms with E-state index in [1.165, 1.54) is 0 Å². The van der Waals surface area contributed by atoms with Crippen molar-refractivity contribution >= 4 is 33.3 Å². The lowest BCUT2D eigenvalue weighted by Gasteiger charge is -2.32. The van der Waals surface area contributed by atoms with Gasteiger partial charge in [0.2, 0.25) is 0 Å². The Morgan fingerprint density at radius 2 is 2.05 bits per heavy atom. The van der Waals surface area contributed by atoms with Crippen molar-refractivity contribution in [1.29, 1.82) is 0 Å². The molecule has 5 aromatic rings. The number of anilines is 1. The zero-order chi connectivity index (χ0) is 26.1. The van der Waals surface area contributed by atoms with E-state index in [-0.39, 0.29) is 11.8 Å². The van der Waals surface area contributed by atoms with Gasteiger partial charge >= 0.3 is 0 Å². The second-order valence-corrected chi connectivity index (χ2v) is 10.3. The smallest absolute Gasteiger partial charge is 0.259 e. The number of hydrogen-bond donors (Lipinski definition) is 1. The van der Waals surface area contributed by atoms with Crippen LogP contribution in [0.1, 0.15) is 46.1 Å². The molecule has 1 saturated heterocycles. The summed E-state index contributed by atoms with van der Waals surface area (Å²) in [6.07, 6.45) is 7.17. The van der Waals surface area contributed by atoms with E-state index in [0.717, 1.165) is 45.6 Å². The maximum Gasteiger partial charge on any atom is 0.259 e. The number of carbonyl (C=O) groups is 1. The molecule has 38 heavy (non-hydrogen) atoms. The molecule has 5 heterocycles. The molecule has 1 fully saturated rings. The number of pyridine rings is 1. The van der Waals surface area contributed by atoms with Crippen molar-refractivity contribution in [1.82, 2.24) is 29.6 Å². The predicted octanol–water partition coefficient (Wildman–Crippen LogP) is 5.48. The number of benzene rings is 1. The van der Waals surface area contributed by atoms with Crippen LogP contribution in [0.2, 0.25) is 0 Å². The quantitative estimate of drug-likeness (QED) is 0.288. The SMILES string of the molecule is Cc1onc(-c2ccccc2)c1C(=O)N1CCCC(c2cc(NCc3cccnc3)n3ncc(Br)c3n2)C1. The number of rotatable bonds is 6. The third-order valence-corrected chi connectivity index (χ3v) is 7.46. The molecule has 0 saturated carbocycles. The number of fused-ring (bicyclic) bond motifs is 1. The molecule has 1 aliphatic heterocycles. The van der Waals surface area contributed by atoms with Crippen LogP contribution in [0.15, 0.2) is 76.1 Å². The third-order valence-electron chi connectivity index (χ3n) is 6.90. The Hall–Kier alpha value is -4.05. The highest BCUT2D eigenvalue weighted by Gasteiger charge is 2.31. The highest BCUT2D eigenvalue weighted by Crippen LogP contribution is 2.32. The van der Waals surface area contributed by atoms with E-state index in [1.807, 2.05) is 59.6 Å². The van der Waals surface area contributed by atoms with E-state index >= 15 is 0 Å². The molecular weight excluding hydrogens is 546 g/mol. The number of aryl methyl sites for hydroxylation is 1. The molecule has 4 aromatic heterocycles. The van der Waals surface area contributed by atoms with Crippen LogP contribution in [-0.2, 0) is 6.54 Å². The summed E-state index contributed by atoms with van der Waals surface area (Å²) in [5.74, 6) is 1.39. The summed E-state index contributed by atoms with van der Waals surface area (Å²) >= 11 is 3.59. The fourth-order valence-electron chi connectivity index (χ4n) is 4.96. The molecule has 1 N–H and O–H groups in total. The molecule has 1 aliphatic rings. The van der Waals surface area contributed by atoms with Crippen molar-refractivity contribution < 1.29 is 9.32 Å². The van der Waals surface area contributed by atoms with Crippen LogP contribution in [0.25, 0.3) is 16.9 Å². The Bertz CT molecular complexity index is 1580. The van der Waals surface area contributed by atoms with Crippen molar-refractivity contribution in [3.8, 4) is 11.3 Å². The van der Waals surface area contributed by atoms with Gasteiger partial charge in [0.25, 0.3) is 5.91 Å². The molecule has 6 rings (SSSR count). The van der Waals surface area contributed by atoms with E-state index in [4.69, 9.17) is 9.51 Å². The fourth-order valence-corrected chi connectivity index (χ4v) is 5.31. The molecule has 0 bridgehead atoms. The summed E-state index contributed by atoms with van der Waals surface area (Å²) in [6.45, 7) is 3.64. The van der Waals surface area contributed by atoms with Crippen molar-refractivity contribution in [2.45, 2.75) is 32.2 Å². The molecule has 10 heteroatoms. The topological polar surface area (TPSA) is 101 Å². The number of hydrogen-bond acceptors (Lipinski definition) is 7. The minimum absolute atomic E-state index is 0.0613. The van der Waals surface area contributed by atoms with Gasteiger partial charge in [0, 0.05) is 49.6 Å². The number of aromatic nitrogens is 5. The minimum atomic E-state index is -0.0613. The van der Waals surface area contributed by atoms with Gasteiger partial charge in [-0.05, 0) is 47.3 Å². The Labute approximate surface area is 228 Å². The van der Waals surface area contributed by atoms with Gasteiger partial charge < -0.3 is 14.7 Å². The first-order valence-electron chi connectivity index (χ1n) is 12.6. The first-order chi connectivity index (χ1) is 18.6.